The van der Waals surface area contributed by atoms with Crippen molar-refractivity contribution < 1.29 is 9.90 Å². The van der Waals surface area contributed by atoms with Gasteiger partial charge in [-0.3, -0.25) is 0 Å². The largest absolute Gasteiger partial charge is 0.478 e. The number of carboxylic acid groups (broad SMARTS) is 1. The third-order valence-corrected chi connectivity index (χ3v) is 3.83. The Hall–Kier alpha value is -1.40. The Kier molecular flexibility index (Phi) is 2.83. The summed E-state index contributed by atoms with van der Waals surface area (Å²) in [6.45, 7) is 1.00. The van der Waals surface area contributed by atoms with Crippen LogP contribution in [0.5, 0.6) is 0 Å². The number of rotatable bonds is 2. The molecular formula is C12H12BrN3O2. The lowest BCUT2D eigenvalue weighted by Crippen LogP contribution is -2.15. The zero-order valence-corrected chi connectivity index (χ0v) is 11.1. The molecule has 3 rings (SSSR count). The topological polar surface area (TPSA) is 66.6 Å². The van der Waals surface area contributed by atoms with Gasteiger partial charge >= 0.3 is 5.97 Å². The van der Waals surface area contributed by atoms with E-state index in [-0.39, 0.29) is 11.6 Å². The summed E-state index contributed by atoms with van der Waals surface area (Å²) < 4.78 is 2.63. The molecule has 2 aromatic heterocycles. The molecule has 6 heteroatoms. The summed E-state index contributed by atoms with van der Waals surface area (Å²) in [5.74, 6) is 0.0115. The summed E-state index contributed by atoms with van der Waals surface area (Å²) in [5.41, 5.74) is 1.06. The lowest BCUT2D eigenvalue weighted by molar-refractivity contribution is 0.0697. The van der Waals surface area contributed by atoms with Crippen LogP contribution in [0.2, 0.25) is 0 Å². The number of carbonyl (C=O) groups is 1. The molecule has 1 atom stereocenters. The van der Waals surface area contributed by atoms with Gasteiger partial charge in [-0.05, 0) is 47.4 Å². The SMILES string of the molecule is O=C(O)c1ccn2c(C3CCCN3)nc(Br)c2c1. The maximum Gasteiger partial charge on any atom is 0.335 e. The van der Waals surface area contributed by atoms with Crippen molar-refractivity contribution >= 4 is 27.4 Å². The van der Waals surface area contributed by atoms with Crippen molar-refractivity contribution in [2.45, 2.75) is 18.9 Å². The molecule has 0 saturated carbocycles. The van der Waals surface area contributed by atoms with E-state index < -0.39 is 5.97 Å². The first-order valence-electron chi connectivity index (χ1n) is 5.81. The molecule has 0 amide bonds. The van der Waals surface area contributed by atoms with E-state index in [1.165, 1.54) is 0 Å². The van der Waals surface area contributed by atoms with Crippen LogP contribution in [0.25, 0.3) is 5.52 Å². The minimum Gasteiger partial charge on any atom is -0.478 e. The van der Waals surface area contributed by atoms with Crippen molar-refractivity contribution in [3.05, 3.63) is 34.3 Å². The van der Waals surface area contributed by atoms with E-state index in [4.69, 9.17) is 5.11 Å². The standard InChI is InChI=1S/C12H12BrN3O2/c13-10-9-6-7(12(17)18)3-5-16(9)11(15-10)8-2-1-4-14-8/h3,5-6,8,14H,1-2,4H2,(H,17,18). The first kappa shape index (κ1) is 11.7. The molecule has 0 aliphatic carbocycles. The summed E-state index contributed by atoms with van der Waals surface area (Å²) in [4.78, 5) is 15.5. The molecule has 2 aromatic rings. The number of nitrogens with one attached hydrogen (secondary N) is 1. The Morgan fingerprint density at radius 3 is 3.11 bits per heavy atom. The summed E-state index contributed by atoms with van der Waals surface area (Å²) >= 11 is 3.40. The Morgan fingerprint density at radius 1 is 1.61 bits per heavy atom. The molecule has 1 fully saturated rings. The van der Waals surface area contributed by atoms with E-state index in [2.05, 4.69) is 26.2 Å². The van der Waals surface area contributed by atoms with Crippen molar-refractivity contribution in [3.63, 3.8) is 0 Å². The number of imidazole rings is 1. The van der Waals surface area contributed by atoms with Gasteiger partial charge in [-0.15, -0.1) is 0 Å². The van der Waals surface area contributed by atoms with Crippen LogP contribution in [0.3, 0.4) is 0 Å². The predicted molar refractivity (Wildman–Crippen MR) is 69.8 cm³/mol. The van der Waals surface area contributed by atoms with Crippen molar-refractivity contribution in [1.29, 1.82) is 0 Å². The number of hydrogen-bond donors (Lipinski definition) is 2. The van der Waals surface area contributed by atoms with Crippen molar-refractivity contribution in [3.8, 4) is 0 Å². The molecular weight excluding hydrogens is 298 g/mol. The Morgan fingerprint density at radius 2 is 2.44 bits per heavy atom. The van der Waals surface area contributed by atoms with E-state index >= 15 is 0 Å². The lowest BCUT2D eigenvalue weighted by atomic mass is 10.2. The number of carboxylic acids is 1. The zero-order valence-electron chi connectivity index (χ0n) is 9.56. The first-order chi connectivity index (χ1) is 8.66. The fourth-order valence-electron chi connectivity index (χ4n) is 2.35. The molecule has 0 aromatic carbocycles. The average molecular weight is 310 g/mol. The maximum atomic E-state index is 11.0. The number of halogens is 1. The van der Waals surface area contributed by atoms with Crippen molar-refractivity contribution in [2.75, 3.05) is 6.54 Å². The number of fused-ring (bicyclic) bond motifs is 1. The molecule has 1 unspecified atom stereocenters. The van der Waals surface area contributed by atoms with Crippen LogP contribution in [0.4, 0.5) is 0 Å². The quantitative estimate of drug-likeness (QED) is 0.892. The lowest BCUT2D eigenvalue weighted by Gasteiger charge is -2.08. The van der Waals surface area contributed by atoms with E-state index in [9.17, 15) is 4.79 Å². The van der Waals surface area contributed by atoms with Crippen LogP contribution in [-0.2, 0) is 0 Å². The molecule has 18 heavy (non-hydrogen) atoms. The van der Waals surface area contributed by atoms with E-state index in [0.717, 1.165) is 30.7 Å². The highest BCUT2D eigenvalue weighted by Crippen LogP contribution is 2.27. The van der Waals surface area contributed by atoms with Gasteiger partial charge in [0.2, 0.25) is 0 Å². The van der Waals surface area contributed by atoms with Crippen LogP contribution >= 0.6 is 15.9 Å². The average Bonchev–Trinajstić information content (AvgIpc) is 2.97. The van der Waals surface area contributed by atoms with Gasteiger partial charge in [0.25, 0.3) is 0 Å². The fraction of sp³-hybridized carbons (Fsp3) is 0.333. The number of aromatic carboxylic acids is 1. The van der Waals surface area contributed by atoms with Gasteiger partial charge in [0.05, 0.1) is 17.1 Å². The molecule has 2 N–H and O–H groups in total. The highest BCUT2D eigenvalue weighted by atomic mass is 79.9. The Balaban J connectivity index is 2.14. The zero-order chi connectivity index (χ0) is 12.7. The van der Waals surface area contributed by atoms with Crippen LogP contribution < -0.4 is 5.32 Å². The normalized spacial score (nSPS) is 19.5. The second kappa shape index (κ2) is 4.37. The Labute approximate surface area is 112 Å². The number of aromatic nitrogens is 2. The van der Waals surface area contributed by atoms with Gasteiger partial charge in [0.15, 0.2) is 0 Å². The number of pyridine rings is 1. The van der Waals surface area contributed by atoms with Gasteiger partial charge in [0, 0.05) is 6.20 Å². The fourth-order valence-corrected chi connectivity index (χ4v) is 2.84. The van der Waals surface area contributed by atoms with Crippen molar-refractivity contribution in [2.24, 2.45) is 0 Å². The predicted octanol–water partition coefficient (Wildman–Crippen LogP) is 2.22. The van der Waals surface area contributed by atoms with E-state index in [1.54, 1.807) is 18.3 Å². The second-order valence-corrected chi connectivity index (χ2v) is 5.14. The van der Waals surface area contributed by atoms with Gasteiger partial charge in [-0.25, -0.2) is 9.78 Å². The second-order valence-electron chi connectivity index (χ2n) is 4.39. The molecule has 94 valence electrons. The molecule has 0 bridgehead atoms. The molecule has 3 heterocycles. The number of hydrogen-bond acceptors (Lipinski definition) is 3. The van der Waals surface area contributed by atoms with Gasteiger partial charge < -0.3 is 14.8 Å². The minimum absolute atomic E-state index is 0.250. The summed E-state index contributed by atoms with van der Waals surface area (Å²) in [6, 6.07) is 3.49. The molecule has 5 nitrogen and oxygen atoms in total. The summed E-state index contributed by atoms with van der Waals surface area (Å²) in [5, 5.41) is 12.4. The number of nitrogens with zero attached hydrogens (tertiary/aromatic N) is 2. The van der Waals surface area contributed by atoms with Gasteiger partial charge in [-0.1, -0.05) is 0 Å². The van der Waals surface area contributed by atoms with Crippen LogP contribution in [0, 0.1) is 0 Å². The molecule has 1 aliphatic rings. The molecule has 0 radical (unpaired) electrons. The minimum atomic E-state index is -0.925. The van der Waals surface area contributed by atoms with Gasteiger partial charge in [-0.2, -0.15) is 0 Å². The van der Waals surface area contributed by atoms with E-state index in [1.807, 2.05) is 4.40 Å². The summed E-state index contributed by atoms with van der Waals surface area (Å²) in [7, 11) is 0. The van der Waals surface area contributed by atoms with Crippen LogP contribution in [0.15, 0.2) is 22.9 Å². The van der Waals surface area contributed by atoms with Crippen LogP contribution in [-0.4, -0.2) is 27.0 Å². The summed E-state index contributed by atoms with van der Waals surface area (Å²) in [6.07, 6.45) is 3.97. The van der Waals surface area contributed by atoms with Gasteiger partial charge in [0.1, 0.15) is 10.4 Å². The third kappa shape index (κ3) is 1.81. The maximum absolute atomic E-state index is 11.0. The smallest absolute Gasteiger partial charge is 0.335 e. The highest BCUT2D eigenvalue weighted by Gasteiger charge is 2.22. The highest BCUT2D eigenvalue weighted by molar-refractivity contribution is 9.10. The third-order valence-electron chi connectivity index (χ3n) is 3.24. The molecule has 1 saturated heterocycles. The Bertz CT molecular complexity index is 617. The van der Waals surface area contributed by atoms with Crippen molar-refractivity contribution in [1.82, 2.24) is 14.7 Å². The molecule has 1 aliphatic heterocycles. The molecule has 0 spiro atoms. The van der Waals surface area contributed by atoms with E-state index in [0.29, 0.717) is 4.60 Å². The monoisotopic (exact) mass is 309 g/mol. The van der Waals surface area contributed by atoms with Crippen LogP contribution in [0.1, 0.15) is 35.1 Å². The first-order valence-corrected chi connectivity index (χ1v) is 6.60.